The lowest BCUT2D eigenvalue weighted by Gasteiger charge is -2.32. The summed E-state index contributed by atoms with van der Waals surface area (Å²) < 4.78 is 5.60. The van der Waals surface area contributed by atoms with Crippen molar-refractivity contribution in [2.75, 3.05) is 31.6 Å². The van der Waals surface area contributed by atoms with E-state index in [4.69, 9.17) is 4.74 Å². The molecule has 1 atom stereocenters. The predicted molar refractivity (Wildman–Crippen MR) is 107 cm³/mol. The molecule has 1 aliphatic heterocycles. The summed E-state index contributed by atoms with van der Waals surface area (Å²) in [5.74, 6) is 2.78. The summed E-state index contributed by atoms with van der Waals surface area (Å²) in [6.45, 7) is 7.77. The number of ether oxygens (including phenoxy) is 1. The van der Waals surface area contributed by atoms with E-state index in [0.29, 0.717) is 6.04 Å². The first kappa shape index (κ1) is 19.0. The fourth-order valence-corrected chi connectivity index (χ4v) is 3.71. The van der Waals surface area contributed by atoms with Crippen LogP contribution in [-0.4, -0.2) is 49.8 Å². The van der Waals surface area contributed by atoms with Crippen molar-refractivity contribution in [2.45, 2.75) is 58.2 Å². The molecule has 0 aromatic carbocycles. The Bertz CT molecular complexity index is 580. The van der Waals surface area contributed by atoms with Gasteiger partial charge in [-0.2, -0.15) is 0 Å². The highest BCUT2D eigenvalue weighted by molar-refractivity contribution is 5.79. The Labute approximate surface area is 157 Å². The maximum absolute atomic E-state index is 5.60. The van der Waals surface area contributed by atoms with Crippen LogP contribution in [0.1, 0.15) is 45.1 Å². The molecule has 3 rings (SSSR count). The van der Waals surface area contributed by atoms with Crippen LogP contribution < -0.4 is 15.5 Å². The third-order valence-corrected chi connectivity index (χ3v) is 5.41. The van der Waals surface area contributed by atoms with E-state index in [2.05, 4.69) is 51.5 Å². The molecule has 0 radical (unpaired) electrons. The molecule has 1 aromatic rings. The van der Waals surface area contributed by atoms with Gasteiger partial charge in [-0.15, -0.1) is 0 Å². The number of hydrogen-bond donors (Lipinski definition) is 2. The number of nitrogens with one attached hydrogen (secondary N) is 2. The number of pyridine rings is 1. The van der Waals surface area contributed by atoms with Crippen molar-refractivity contribution < 1.29 is 4.74 Å². The molecule has 1 aliphatic carbocycles. The van der Waals surface area contributed by atoms with Gasteiger partial charge in [-0.1, -0.05) is 13.0 Å². The second kappa shape index (κ2) is 9.21. The normalized spacial score (nSPS) is 27.3. The van der Waals surface area contributed by atoms with Gasteiger partial charge in [0.05, 0.1) is 12.7 Å². The van der Waals surface area contributed by atoms with Gasteiger partial charge in [0.15, 0.2) is 5.96 Å². The van der Waals surface area contributed by atoms with Gasteiger partial charge in [-0.3, -0.25) is 4.99 Å². The number of rotatable bonds is 4. The summed E-state index contributed by atoms with van der Waals surface area (Å²) in [4.78, 5) is 11.3. The number of morpholine rings is 1. The van der Waals surface area contributed by atoms with Crippen LogP contribution in [0.2, 0.25) is 0 Å². The number of anilines is 1. The van der Waals surface area contributed by atoms with Gasteiger partial charge in [0.1, 0.15) is 5.82 Å². The van der Waals surface area contributed by atoms with Crippen LogP contribution in [0.5, 0.6) is 0 Å². The van der Waals surface area contributed by atoms with Crippen molar-refractivity contribution >= 4 is 11.8 Å². The quantitative estimate of drug-likeness (QED) is 0.639. The SMILES string of the molecule is CN=C(NCc1ccc(N2CCOC(C)C2)nc1)NC1CCC(C)CC1. The molecule has 2 aliphatic rings. The number of aliphatic imine (C=N–C) groups is 1. The fourth-order valence-electron chi connectivity index (χ4n) is 3.71. The van der Waals surface area contributed by atoms with Gasteiger partial charge in [0.2, 0.25) is 0 Å². The number of aromatic nitrogens is 1. The van der Waals surface area contributed by atoms with Crippen LogP contribution in [0.4, 0.5) is 5.82 Å². The van der Waals surface area contributed by atoms with Gasteiger partial charge in [0, 0.05) is 38.9 Å². The highest BCUT2D eigenvalue weighted by Crippen LogP contribution is 2.23. The van der Waals surface area contributed by atoms with Crippen LogP contribution in [-0.2, 0) is 11.3 Å². The van der Waals surface area contributed by atoms with Crippen LogP contribution in [0.15, 0.2) is 23.3 Å². The molecule has 1 saturated heterocycles. The van der Waals surface area contributed by atoms with Gasteiger partial charge < -0.3 is 20.3 Å². The highest BCUT2D eigenvalue weighted by atomic mass is 16.5. The van der Waals surface area contributed by atoms with E-state index in [0.717, 1.165) is 49.5 Å². The first-order chi connectivity index (χ1) is 12.6. The van der Waals surface area contributed by atoms with Gasteiger partial charge in [-0.25, -0.2) is 4.98 Å². The summed E-state index contributed by atoms with van der Waals surface area (Å²) in [7, 11) is 1.84. The maximum Gasteiger partial charge on any atom is 0.191 e. The van der Waals surface area contributed by atoms with Crippen LogP contribution in [0, 0.1) is 5.92 Å². The lowest BCUT2D eigenvalue weighted by molar-refractivity contribution is 0.0529. The molecule has 1 saturated carbocycles. The van der Waals surface area contributed by atoms with E-state index >= 15 is 0 Å². The summed E-state index contributed by atoms with van der Waals surface area (Å²) in [6, 6.07) is 4.79. The fraction of sp³-hybridized carbons (Fsp3) is 0.700. The average Bonchev–Trinajstić information content (AvgIpc) is 2.67. The van der Waals surface area contributed by atoms with Crippen molar-refractivity contribution in [1.82, 2.24) is 15.6 Å². The molecule has 26 heavy (non-hydrogen) atoms. The molecule has 0 spiro atoms. The van der Waals surface area contributed by atoms with E-state index in [1.165, 1.54) is 25.7 Å². The van der Waals surface area contributed by atoms with Gasteiger partial charge in [0.25, 0.3) is 0 Å². The predicted octanol–water partition coefficient (Wildman–Crippen LogP) is 2.55. The Morgan fingerprint density at radius 2 is 2.08 bits per heavy atom. The highest BCUT2D eigenvalue weighted by Gasteiger charge is 2.19. The minimum Gasteiger partial charge on any atom is -0.375 e. The molecule has 6 heteroatoms. The van der Waals surface area contributed by atoms with Crippen molar-refractivity contribution in [2.24, 2.45) is 10.9 Å². The average molecular weight is 360 g/mol. The molecule has 2 heterocycles. The monoisotopic (exact) mass is 359 g/mol. The summed E-state index contributed by atoms with van der Waals surface area (Å²) in [5.41, 5.74) is 1.16. The first-order valence-electron chi connectivity index (χ1n) is 9.92. The third kappa shape index (κ3) is 5.34. The summed E-state index contributed by atoms with van der Waals surface area (Å²) in [5, 5.41) is 6.98. The number of hydrogen-bond acceptors (Lipinski definition) is 4. The van der Waals surface area contributed by atoms with Crippen molar-refractivity contribution in [1.29, 1.82) is 0 Å². The third-order valence-electron chi connectivity index (χ3n) is 5.41. The van der Waals surface area contributed by atoms with E-state index in [1.807, 2.05) is 13.2 Å². The van der Waals surface area contributed by atoms with Crippen LogP contribution >= 0.6 is 0 Å². The standard InChI is InChI=1S/C20H33N5O/c1-15-4-7-18(8-5-15)24-20(21-3)23-13-17-6-9-19(22-12-17)25-10-11-26-16(2)14-25/h6,9,12,15-16,18H,4-5,7-8,10-11,13-14H2,1-3H3,(H2,21,23,24). The van der Waals surface area contributed by atoms with Crippen LogP contribution in [0.3, 0.4) is 0 Å². The lowest BCUT2D eigenvalue weighted by atomic mass is 9.87. The van der Waals surface area contributed by atoms with Crippen LogP contribution in [0.25, 0.3) is 0 Å². The second-order valence-electron chi connectivity index (χ2n) is 7.68. The number of guanidine groups is 1. The minimum atomic E-state index is 0.268. The molecule has 0 bridgehead atoms. The molecule has 1 aromatic heterocycles. The maximum atomic E-state index is 5.60. The Morgan fingerprint density at radius 3 is 2.73 bits per heavy atom. The van der Waals surface area contributed by atoms with Crippen molar-refractivity contribution in [3.63, 3.8) is 0 Å². The van der Waals surface area contributed by atoms with E-state index in [9.17, 15) is 0 Å². The zero-order chi connectivity index (χ0) is 18.4. The Balaban J connectivity index is 1.47. The minimum absolute atomic E-state index is 0.268. The molecule has 144 valence electrons. The Hall–Kier alpha value is -1.82. The number of nitrogens with zero attached hydrogens (tertiary/aromatic N) is 3. The molecular formula is C20H33N5O. The molecule has 1 unspecified atom stereocenters. The van der Waals surface area contributed by atoms with Crippen molar-refractivity contribution in [3.8, 4) is 0 Å². The van der Waals surface area contributed by atoms with E-state index in [-0.39, 0.29) is 6.10 Å². The zero-order valence-electron chi connectivity index (χ0n) is 16.4. The van der Waals surface area contributed by atoms with Gasteiger partial charge in [-0.05, 0) is 50.2 Å². The molecule has 6 nitrogen and oxygen atoms in total. The molecule has 2 fully saturated rings. The van der Waals surface area contributed by atoms with Crippen molar-refractivity contribution in [3.05, 3.63) is 23.9 Å². The summed E-state index contributed by atoms with van der Waals surface area (Å²) >= 11 is 0. The molecule has 0 amide bonds. The van der Waals surface area contributed by atoms with E-state index in [1.54, 1.807) is 0 Å². The Morgan fingerprint density at radius 1 is 1.27 bits per heavy atom. The zero-order valence-corrected chi connectivity index (χ0v) is 16.4. The summed E-state index contributed by atoms with van der Waals surface area (Å²) in [6.07, 6.45) is 7.30. The van der Waals surface area contributed by atoms with E-state index < -0.39 is 0 Å². The topological polar surface area (TPSA) is 61.8 Å². The molecule has 2 N–H and O–H groups in total. The van der Waals surface area contributed by atoms with Gasteiger partial charge >= 0.3 is 0 Å². The second-order valence-corrected chi connectivity index (χ2v) is 7.68. The largest absolute Gasteiger partial charge is 0.375 e. The smallest absolute Gasteiger partial charge is 0.191 e. The molecular weight excluding hydrogens is 326 g/mol. The first-order valence-corrected chi connectivity index (χ1v) is 9.92. The Kier molecular flexibility index (Phi) is 6.72. The lowest BCUT2D eigenvalue weighted by Crippen LogP contribution is -2.44.